The van der Waals surface area contributed by atoms with Crippen LogP contribution in [-0.4, -0.2) is 25.1 Å². The minimum absolute atomic E-state index is 0.354. The van der Waals surface area contributed by atoms with Crippen LogP contribution in [-0.2, 0) is 0 Å². The van der Waals surface area contributed by atoms with Gasteiger partial charge in [-0.2, -0.15) is 5.53 Å². The minimum Gasteiger partial charge on any atom is -0.303 e. The maximum Gasteiger partial charge on any atom is 0.0603 e. The fraction of sp³-hybridized carbons (Fsp3) is 1.00. The predicted octanol–water partition coefficient (Wildman–Crippen LogP) is 1.99. The van der Waals surface area contributed by atoms with Crippen molar-refractivity contribution in [3.63, 3.8) is 0 Å². The van der Waals surface area contributed by atoms with Gasteiger partial charge < -0.3 is 5.32 Å². The first-order valence-electron chi connectivity index (χ1n) is 6.43. The van der Waals surface area contributed by atoms with Crippen molar-refractivity contribution in [3.8, 4) is 0 Å². The maximum atomic E-state index is 3.78. The van der Waals surface area contributed by atoms with Gasteiger partial charge in [0.05, 0.1) is 6.67 Å². The van der Waals surface area contributed by atoms with E-state index in [1.165, 1.54) is 12.8 Å². The Labute approximate surface area is 115 Å². The van der Waals surface area contributed by atoms with E-state index in [4.69, 9.17) is 0 Å². The highest BCUT2D eigenvalue weighted by Gasteiger charge is 2.27. The zero-order chi connectivity index (χ0) is 13.3. The number of hydrazine groups is 2. The SMILES string of the molecule is CC[C@@H](Br)C(C)(C)C[C@H](C)CNCNNNC. The molecule has 2 atom stereocenters. The number of rotatable bonds is 10. The Morgan fingerprint density at radius 1 is 1.29 bits per heavy atom. The number of hydrogen-bond donors (Lipinski definition) is 4. The molecule has 4 N–H and O–H groups in total. The molecule has 0 bridgehead atoms. The zero-order valence-corrected chi connectivity index (χ0v) is 13.4. The molecular weight excluding hydrogens is 280 g/mol. The van der Waals surface area contributed by atoms with Gasteiger partial charge in [0.15, 0.2) is 0 Å². The third-order valence-electron chi connectivity index (χ3n) is 3.00. The van der Waals surface area contributed by atoms with Crippen molar-refractivity contribution in [1.82, 2.24) is 21.7 Å². The van der Waals surface area contributed by atoms with Crippen LogP contribution in [0.1, 0.15) is 40.5 Å². The molecule has 0 saturated heterocycles. The van der Waals surface area contributed by atoms with Crippen molar-refractivity contribution < 1.29 is 0 Å². The summed E-state index contributed by atoms with van der Waals surface area (Å²) in [7, 11) is 1.83. The third kappa shape index (κ3) is 8.11. The molecule has 0 fully saturated rings. The van der Waals surface area contributed by atoms with Crippen LogP contribution >= 0.6 is 15.9 Å². The van der Waals surface area contributed by atoms with Gasteiger partial charge in [0.2, 0.25) is 0 Å². The molecular formula is C12H29BrN4. The van der Waals surface area contributed by atoms with Crippen molar-refractivity contribution in [1.29, 1.82) is 0 Å². The molecule has 0 aromatic rings. The standard InChI is InChI=1S/C12H29BrN4/c1-6-11(13)12(3,4)7-10(2)8-15-9-16-17-14-5/h10-11,14-17H,6-9H2,1-5H3/t10-,11+/m0/s1. The van der Waals surface area contributed by atoms with Gasteiger partial charge in [-0.15, -0.1) is 0 Å². The molecule has 17 heavy (non-hydrogen) atoms. The summed E-state index contributed by atoms with van der Waals surface area (Å²) in [5.74, 6) is 0.674. The Bertz CT molecular complexity index is 187. The van der Waals surface area contributed by atoms with E-state index in [2.05, 4.69) is 65.3 Å². The van der Waals surface area contributed by atoms with Gasteiger partial charge in [0.25, 0.3) is 0 Å². The van der Waals surface area contributed by atoms with E-state index in [0.29, 0.717) is 16.2 Å². The monoisotopic (exact) mass is 308 g/mol. The number of alkyl halides is 1. The van der Waals surface area contributed by atoms with Crippen LogP contribution in [0.15, 0.2) is 0 Å². The van der Waals surface area contributed by atoms with Gasteiger partial charge in [-0.25, -0.2) is 10.9 Å². The summed E-state index contributed by atoms with van der Waals surface area (Å²) in [6.07, 6.45) is 2.41. The Morgan fingerprint density at radius 2 is 1.94 bits per heavy atom. The van der Waals surface area contributed by atoms with Gasteiger partial charge in [-0.1, -0.05) is 43.6 Å². The van der Waals surface area contributed by atoms with Gasteiger partial charge >= 0.3 is 0 Å². The largest absolute Gasteiger partial charge is 0.303 e. The Balaban J connectivity index is 3.73. The second kappa shape index (κ2) is 9.28. The average Bonchev–Trinajstić information content (AvgIpc) is 2.27. The summed E-state index contributed by atoms with van der Waals surface area (Å²) in [6, 6.07) is 0. The fourth-order valence-electron chi connectivity index (χ4n) is 2.16. The lowest BCUT2D eigenvalue weighted by Crippen LogP contribution is -2.46. The van der Waals surface area contributed by atoms with E-state index < -0.39 is 0 Å². The van der Waals surface area contributed by atoms with Crippen molar-refractivity contribution in [2.45, 2.75) is 45.4 Å². The average molecular weight is 309 g/mol. The number of nitrogens with one attached hydrogen (secondary N) is 4. The van der Waals surface area contributed by atoms with Crippen LogP contribution in [0, 0.1) is 11.3 Å². The van der Waals surface area contributed by atoms with Crippen molar-refractivity contribution in [3.05, 3.63) is 0 Å². The quantitative estimate of drug-likeness (QED) is 0.216. The molecule has 0 heterocycles. The number of halogens is 1. The van der Waals surface area contributed by atoms with Gasteiger partial charge in [0.1, 0.15) is 0 Å². The first-order valence-corrected chi connectivity index (χ1v) is 7.35. The lowest BCUT2D eigenvalue weighted by atomic mass is 9.80. The second-order valence-electron chi connectivity index (χ2n) is 5.36. The molecule has 0 rings (SSSR count). The third-order valence-corrected chi connectivity index (χ3v) is 4.89. The summed E-state index contributed by atoms with van der Waals surface area (Å²) >= 11 is 3.78. The molecule has 5 heteroatoms. The summed E-state index contributed by atoms with van der Waals surface area (Å²) in [4.78, 5) is 0.599. The van der Waals surface area contributed by atoms with Crippen LogP contribution < -0.4 is 21.7 Å². The van der Waals surface area contributed by atoms with E-state index in [-0.39, 0.29) is 0 Å². The van der Waals surface area contributed by atoms with E-state index >= 15 is 0 Å². The summed E-state index contributed by atoms with van der Waals surface area (Å²) < 4.78 is 0. The molecule has 104 valence electrons. The topological polar surface area (TPSA) is 48.1 Å². The lowest BCUT2D eigenvalue weighted by Gasteiger charge is -2.32. The van der Waals surface area contributed by atoms with E-state index in [1.807, 2.05) is 7.05 Å². The van der Waals surface area contributed by atoms with E-state index in [9.17, 15) is 0 Å². The molecule has 0 aliphatic carbocycles. The molecule has 0 saturated carbocycles. The highest BCUT2D eigenvalue weighted by Crippen LogP contribution is 2.35. The predicted molar refractivity (Wildman–Crippen MR) is 78.8 cm³/mol. The summed E-state index contributed by atoms with van der Waals surface area (Å²) in [5.41, 5.74) is 9.00. The van der Waals surface area contributed by atoms with Crippen LogP contribution in [0.2, 0.25) is 0 Å². The molecule has 0 spiro atoms. The highest BCUT2D eigenvalue weighted by molar-refractivity contribution is 9.09. The molecule has 4 nitrogen and oxygen atoms in total. The zero-order valence-electron chi connectivity index (χ0n) is 11.9. The highest BCUT2D eigenvalue weighted by atomic mass is 79.9. The Hall–Kier alpha value is 0.320. The minimum atomic E-state index is 0.354. The maximum absolute atomic E-state index is 3.78. The van der Waals surface area contributed by atoms with E-state index in [1.54, 1.807) is 0 Å². The first-order chi connectivity index (χ1) is 7.94. The molecule has 0 unspecified atom stereocenters. The molecule has 0 aliphatic heterocycles. The second-order valence-corrected chi connectivity index (χ2v) is 6.46. The molecule has 0 aliphatic rings. The van der Waals surface area contributed by atoms with Crippen LogP contribution in [0.3, 0.4) is 0 Å². The van der Waals surface area contributed by atoms with Crippen molar-refractivity contribution in [2.24, 2.45) is 11.3 Å². The summed E-state index contributed by atoms with van der Waals surface area (Å²) in [5, 5.41) is 3.37. The van der Waals surface area contributed by atoms with E-state index in [0.717, 1.165) is 13.2 Å². The number of hydrogen-bond acceptors (Lipinski definition) is 4. The molecule has 0 radical (unpaired) electrons. The fourth-order valence-corrected chi connectivity index (χ4v) is 2.35. The Kier molecular flexibility index (Phi) is 9.45. The normalized spacial score (nSPS) is 15.9. The smallest absolute Gasteiger partial charge is 0.0603 e. The molecule has 0 aromatic carbocycles. The van der Waals surface area contributed by atoms with Crippen molar-refractivity contribution >= 4 is 15.9 Å². The Morgan fingerprint density at radius 3 is 2.47 bits per heavy atom. The first kappa shape index (κ1) is 17.3. The van der Waals surface area contributed by atoms with Gasteiger partial charge in [0, 0.05) is 4.83 Å². The molecule has 0 aromatic heterocycles. The van der Waals surface area contributed by atoms with Crippen molar-refractivity contribution in [2.75, 3.05) is 20.3 Å². The summed E-state index contributed by atoms with van der Waals surface area (Å²) in [6.45, 7) is 11.0. The van der Waals surface area contributed by atoms with Crippen LogP contribution in [0.4, 0.5) is 0 Å². The molecule has 0 amide bonds. The lowest BCUT2D eigenvalue weighted by molar-refractivity contribution is 0.260. The van der Waals surface area contributed by atoms with Gasteiger partial charge in [-0.05, 0) is 37.8 Å². The van der Waals surface area contributed by atoms with Crippen LogP contribution in [0.5, 0.6) is 0 Å². The van der Waals surface area contributed by atoms with Gasteiger partial charge in [-0.3, -0.25) is 0 Å². The van der Waals surface area contributed by atoms with Crippen LogP contribution in [0.25, 0.3) is 0 Å².